The molecule has 0 amide bonds. The minimum Gasteiger partial charge on any atom is -0.496 e. The minimum absolute atomic E-state index is 0.0320. The molecule has 0 spiro atoms. The average molecular weight is 430 g/mol. The van der Waals surface area contributed by atoms with Crippen molar-refractivity contribution >= 4 is 5.97 Å². The molecule has 2 aliphatic rings. The number of carboxylic acid groups (broad SMARTS) is 1. The number of benzene rings is 2. The van der Waals surface area contributed by atoms with Crippen LogP contribution in [-0.2, 0) is 16.1 Å². The van der Waals surface area contributed by atoms with Gasteiger partial charge in [0.1, 0.15) is 5.75 Å². The standard InChI is InChI=1S/C25H29F2NO3/c1-24(2)12-11-20(28(3)18-9-10-18)22-19(24)13-16(14-21(22)31-4)15-5-7-17(8-6-15)25(26,27)23(29)30/h5-8,13-14,18,20H,9-12H2,1-4H3,(H,29,30). The van der Waals surface area contributed by atoms with Crippen molar-refractivity contribution in [2.75, 3.05) is 14.2 Å². The Hall–Kier alpha value is -2.47. The monoisotopic (exact) mass is 429 g/mol. The molecule has 6 heteroatoms. The van der Waals surface area contributed by atoms with Gasteiger partial charge in [0.05, 0.1) is 7.11 Å². The summed E-state index contributed by atoms with van der Waals surface area (Å²) in [5, 5.41) is 8.78. The third-order valence-corrected chi connectivity index (χ3v) is 6.93. The van der Waals surface area contributed by atoms with E-state index in [-0.39, 0.29) is 5.41 Å². The van der Waals surface area contributed by atoms with E-state index in [9.17, 15) is 13.6 Å². The number of halogens is 2. The molecule has 1 unspecified atom stereocenters. The summed E-state index contributed by atoms with van der Waals surface area (Å²) in [7, 11) is 3.87. The van der Waals surface area contributed by atoms with E-state index >= 15 is 0 Å². The highest BCUT2D eigenvalue weighted by Gasteiger charge is 2.42. The average Bonchev–Trinajstić information content (AvgIpc) is 3.58. The van der Waals surface area contributed by atoms with Crippen LogP contribution in [0.3, 0.4) is 0 Å². The number of aliphatic carboxylic acids is 1. The van der Waals surface area contributed by atoms with Crippen molar-refractivity contribution in [3.63, 3.8) is 0 Å². The number of hydrogen-bond acceptors (Lipinski definition) is 3. The number of carbonyl (C=O) groups is 1. The van der Waals surface area contributed by atoms with Crippen molar-refractivity contribution < 1.29 is 23.4 Å². The predicted molar refractivity (Wildman–Crippen MR) is 116 cm³/mol. The molecule has 0 aliphatic heterocycles. The molecule has 0 radical (unpaired) electrons. The molecule has 166 valence electrons. The van der Waals surface area contributed by atoms with Gasteiger partial charge in [-0.25, -0.2) is 4.79 Å². The van der Waals surface area contributed by atoms with Crippen molar-refractivity contribution in [3.8, 4) is 16.9 Å². The maximum absolute atomic E-state index is 13.8. The summed E-state index contributed by atoms with van der Waals surface area (Å²) in [6.07, 6.45) is 4.60. The van der Waals surface area contributed by atoms with Crippen LogP contribution in [0.25, 0.3) is 11.1 Å². The first kappa shape index (κ1) is 21.8. The van der Waals surface area contributed by atoms with Gasteiger partial charge < -0.3 is 9.84 Å². The second-order valence-electron chi connectivity index (χ2n) is 9.43. The summed E-state index contributed by atoms with van der Waals surface area (Å²) < 4.78 is 33.5. The smallest absolute Gasteiger partial charge is 0.379 e. The van der Waals surface area contributed by atoms with Gasteiger partial charge in [0, 0.05) is 23.2 Å². The zero-order valence-electron chi connectivity index (χ0n) is 18.4. The van der Waals surface area contributed by atoms with Crippen LogP contribution in [0.5, 0.6) is 5.75 Å². The highest BCUT2D eigenvalue weighted by Crippen LogP contribution is 2.50. The summed E-state index contributed by atoms with van der Waals surface area (Å²) in [5.41, 5.74) is 3.52. The number of fused-ring (bicyclic) bond motifs is 1. The van der Waals surface area contributed by atoms with Gasteiger partial charge in [-0.3, -0.25) is 4.90 Å². The molecule has 0 heterocycles. The topological polar surface area (TPSA) is 49.8 Å². The van der Waals surface area contributed by atoms with Crippen molar-refractivity contribution in [1.29, 1.82) is 0 Å². The van der Waals surface area contributed by atoms with Gasteiger partial charge in [0.15, 0.2) is 0 Å². The number of nitrogens with zero attached hydrogens (tertiary/aromatic N) is 1. The van der Waals surface area contributed by atoms with Gasteiger partial charge in [-0.05, 0) is 60.9 Å². The molecule has 31 heavy (non-hydrogen) atoms. The van der Waals surface area contributed by atoms with Crippen molar-refractivity contribution in [2.24, 2.45) is 0 Å². The molecule has 2 aromatic carbocycles. The first-order chi connectivity index (χ1) is 14.6. The fourth-order valence-corrected chi connectivity index (χ4v) is 4.78. The quantitative estimate of drug-likeness (QED) is 0.636. The van der Waals surface area contributed by atoms with Crippen molar-refractivity contribution in [2.45, 2.75) is 63.0 Å². The van der Waals surface area contributed by atoms with E-state index < -0.39 is 17.5 Å². The van der Waals surface area contributed by atoms with Crippen LogP contribution in [-0.4, -0.2) is 36.2 Å². The van der Waals surface area contributed by atoms with Crippen LogP contribution in [0.2, 0.25) is 0 Å². The predicted octanol–water partition coefficient (Wildman–Crippen LogP) is 5.75. The van der Waals surface area contributed by atoms with E-state index in [0.717, 1.165) is 29.7 Å². The highest BCUT2D eigenvalue weighted by molar-refractivity contribution is 5.78. The van der Waals surface area contributed by atoms with Gasteiger partial charge in [0.2, 0.25) is 0 Å². The molecular formula is C25H29F2NO3. The number of alkyl halides is 2. The van der Waals surface area contributed by atoms with E-state index in [1.807, 2.05) is 6.07 Å². The van der Waals surface area contributed by atoms with Gasteiger partial charge in [-0.1, -0.05) is 44.2 Å². The molecule has 2 aromatic rings. The third-order valence-electron chi connectivity index (χ3n) is 6.93. The van der Waals surface area contributed by atoms with Crippen LogP contribution in [0, 0.1) is 0 Å². The summed E-state index contributed by atoms with van der Waals surface area (Å²) in [6, 6.07) is 10.5. The molecule has 1 fully saturated rings. The first-order valence-corrected chi connectivity index (χ1v) is 10.7. The normalized spacial score (nSPS) is 20.4. The van der Waals surface area contributed by atoms with Crippen LogP contribution in [0.4, 0.5) is 8.78 Å². The fraction of sp³-hybridized carbons (Fsp3) is 0.480. The molecule has 0 saturated heterocycles. The molecule has 1 N–H and O–H groups in total. The Morgan fingerprint density at radius 1 is 1.13 bits per heavy atom. The number of hydrogen-bond donors (Lipinski definition) is 1. The SMILES string of the molecule is COc1cc(-c2ccc(C(F)(F)C(=O)O)cc2)cc2c1C(N(C)C1CC1)CCC2(C)C. The van der Waals surface area contributed by atoms with Crippen molar-refractivity contribution in [1.82, 2.24) is 4.90 Å². The number of carboxylic acids is 1. The molecule has 0 aromatic heterocycles. The largest absolute Gasteiger partial charge is 0.496 e. The van der Waals surface area contributed by atoms with E-state index in [1.165, 1.54) is 36.1 Å². The third kappa shape index (κ3) is 3.82. The molecule has 0 bridgehead atoms. The zero-order valence-corrected chi connectivity index (χ0v) is 18.4. The molecule has 1 saturated carbocycles. The lowest BCUT2D eigenvalue weighted by molar-refractivity contribution is -0.166. The van der Waals surface area contributed by atoms with E-state index in [0.29, 0.717) is 12.1 Å². The Morgan fingerprint density at radius 2 is 1.77 bits per heavy atom. The molecule has 2 aliphatic carbocycles. The van der Waals surface area contributed by atoms with Crippen LogP contribution < -0.4 is 4.74 Å². The maximum Gasteiger partial charge on any atom is 0.379 e. The summed E-state index contributed by atoms with van der Waals surface area (Å²) in [5.74, 6) is -5.24. The van der Waals surface area contributed by atoms with Gasteiger partial charge in [0.25, 0.3) is 0 Å². The van der Waals surface area contributed by atoms with E-state index in [2.05, 4.69) is 31.9 Å². The Bertz CT molecular complexity index is 997. The van der Waals surface area contributed by atoms with Crippen LogP contribution >= 0.6 is 0 Å². The molecule has 4 nitrogen and oxygen atoms in total. The second kappa shape index (κ2) is 7.59. The Morgan fingerprint density at radius 3 is 2.32 bits per heavy atom. The molecule has 1 atom stereocenters. The zero-order chi connectivity index (χ0) is 22.6. The second-order valence-corrected chi connectivity index (χ2v) is 9.43. The summed E-state index contributed by atoms with van der Waals surface area (Å²) in [4.78, 5) is 13.3. The van der Waals surface area contributed by atoms with Crippen LogP contribution in [0.1, 0.15) is 62.3 Å². The van der Waals surface area contributed by atoms with E-state index in [1.54, 1.807) is 19.2 Å². The van der Waals surface area contributed by atoms with Crippen molar-refractivity contribution in [3.05, 3.63) is 53.1 Å². The summed E-state index contributed by atoms with van der Waals surface area (Å²) >= 11 is 0. The number of rotatable bonds is 6. The molecular weight excluding hydrogens is 400 g/mol. The maximum atomic E-state index is 13.8. The lowest BCUT2D eigenvalue weighted by Crippen LogP contribution is -2.35. The Kier molecular flexibility index (Phi) is 5.32. The van der Waals surface area contributed by atoms with E-state index in [4.69, 9.17) is 9.84 Å². The Balaban J connectivity index is 1.78. The molecule has 4 rings (SSSR count). The Labute approximate surface area is 181 Å². The van der Waals surface area contributed by atoms with Crippen LogP contribution in [0.15, 0.2) is 36.4 Å². The van der Waals surface area contributed by atoms with Gasteiger partial charge in [-0.15, -0.1) is 0 Å². The van der Waals surface area contributed by atoms with Gasteiger partial charge >= 0.3 is 11.9 Å². The fourth-order valence-electron chi connectivity index (χ4n) is 4.78. The van der Waals surface area contributed by atoms with Gasteiger partial charge in [-0.2, -0.15) is 8.78 Å². The number of methoxy groups -OCH3 is 1. The lowest BCUT2D eigenvalue weighted by atomic mass is 9.69. The number of ether oxygens (including phenoxy) is 1. The summed E-state index contributed by atoms with van der Waals surface area (Å²) in [6.45, 7) is 4.47. The lowest BCUT2D eigenvalue weighted by Gasteiger charge is -2.42. The highest BCUT2D eigenvalue weighted by atomic mass is 19.3. The minimum atomic E-state index is -3.91. The first-order valence-electron chi connectivity index (χ1n) is 10.7.